The van der Waals surface area contributed by atoms with Crippen molar-refractivity contribution in [3.63, 3.8) is 0 Å². The first-order chi connectivity index (χ1) is 7.83. The van der Waals surface area contributed by atoms with E-state index in [-0.39, 0.29) is 18.1 Å². The van der Waals surface area contributed by atoms with Crippen LogP contribution in [-0.4, -0.2) is 51.1 Å². The van der Waals surface area contributed by atoms with E-state index in [1.165, 1.54) is 4.31 Å². The van der Waals surface area contributed by atoms with Crippen molar-refractivity contribution in [2.24, 2.45) is 11.7 Å². The zero-order chi connectivity index (χ0) is 13.1. The van der Waals surface area contributed by atoms with Gasteiger partial charge in [-0.05, 0) is 12.8 Å². The Morgan fingerprint density at radius 2 is 2.12 bits per heavy atom. The molecule has 1 fully saturated rings. The minimum Gasteiger partial charge on any atom is -0.374 e. The second kappa shape index (κ2) is 6.10. The maximum Gasteiger partial charge on any atom is 0.279 e. The van der Waals surface area contributed by atoms with Crippen LogP contribution in [0.25, 0.3) is 0 Å². The molecular weight excluding hydrogens is 242 g/mol. The highest BCUT2D eigenvalue weighted by atomic mass is 32.2. The number of morpholine rings is 1. The maximum absolute atomic E-state index is 12.0. The lowest BCUT2D eigenvalue weighted by molar-refractivity contribution is -0.0123. The van der Waals surface area contributed by atoms with Crippen molar-refractivity contribution in [3.05, 3.63) is 0 Å². The molecule has 0 amide bonds. The number of nitrogens with two attached hydrogens (primary N) is 1. The van der Waals surface area contributed by atoms with Crippen LogP contribution in [0, 0.1) is 5.92 Å². The smallest absolute Gasteiger partial charge is 0.279 e. The lowest BCUT2D eigenvalue weighted by atomic mass is 10.2. The Bertz CT molecular complexity index is 330. The average Bonchev–Trinajstić information content (AvgIpc) is 2.27. The average molecular weight is 265 g/mol. The van der Waals surface area contributed by atoms with Crippen LogP contribution in [0.5, 0.6) is 0 Å². The Balaban J connectivity index is 2.59. The topological polar surface area (TPSA) is 84.7 Å². The summed E-state index contributed by atoms with van der Waals surface area (Å²) >= 11 is 0. The van der Waals surface area contributed by atoms with E-state index in [1.54, 1.807) is 0 Å². The van der Waals surface area contributed by atoms with Crippen molar-refractivity contribution in [2.45, 2.75) is 32.9 Å². The molecule has 0 aliphatic carbocycles. The van der Waals surface area contributed by atoms with E-state index < -0.39 is 10.2 Å². The van der Waals surface area contributed by atoms with Crippen LogP contribution in [0.3, 0.4) is 0 Å². The third-order valence-electron chi connectivity index (χ3n) is 2.66. The van der Waals surface area contributed by atoms with Crippen molar-refractivity contribution < 1.29 is 13.2 Å². The van der Waals surface area contributed by atoms with E-state index >= 15 is 0 Å². The fourth-order valence-corrected chi connectivity index (χ4v) is 2.93. The number of nitrogens with zero attached hydrogens (tertiary/aromatic N) is 1. The van der Waals surface area contributed by atoms with Crippen molar-refractivity contribution in [2.75, 3.05) is 26.2 Å². The minimum absolute atomic E-state index is 0.168. The van der Waals surface area contributed by atoms with E-state index in [0.29, 0.717) is 26.2 Å². The van der Waals surface area contributed by atoms with Gasteiger partial charge in [-0.25, -0.2) is 4.72 Å². The number of nitrogens with one attached hydrogen (secondary N) is 1. The van der Waals surface area contributed by atoms with Crippen LogP contribution in [0.1, 0.15) is 20.8 Å². The fourth-order valence-electron chi connectivity index (χ4n) is 1.55. The lowest BCUT2D eigenvalue weighted by Crippen LogP contribution is -2.54. The molecule has 0 bridgehead atoms. The molecule has 7 heteroatoms. The van der Waals surface area contributed by atoms with Crippen LogP contribution in [0.4, 0.5) is 0 Å². The fraction of sp³-hybridized carbons (Fsp3) is 1.00. The van der Waals surface area contributed by atoms with Crippen LogP contribution in [0.15, 0.2) is 0 Å². The first kappa shape index (κ1) is 14.8. The number of rotatable bonds is 5. The summed E-state index contributed by atoms with van der Waals surface area (Å²) < 4.78 is 33.4. The van der Waals surface area contributed by atoms with E-state index in [0.717, 1.165) is 0 Å². The van der Waals surface area contributed by atoms with E-state index in [9.17, 15) is 8.42 Å². The summed E-state index contributed by atoms with van der Waals surface area (Å²) in [6.07, 6.45) is -0.223. The molecule has 2 unspecified atom stereocenters. The zero-order valence-electron chi connectivity index (χ0n) is 10.7. The van der Waals surface area contributed by atoms with Crippen LogP contribution < -0.4 is 10.5 Å². The molecule has 0 aromatic carbocycles. The third kappa shape index (κ3) is 4.51. The van der Waals surface area contributed by atoms with Gasteiger partial charge in [-0.15, -0.1) is 0 Å². The van der Waals surface area contributed by atoms with Crippen molar-refractivity contribution in [1.82, 2.24) is 9.03 Å². The predicted octanol–water partition coefficient (Wildman–Crippen LogP) is -0.475. The Kier molecular flexibility index (Phi) is 5.33. The van der Waals surface area contributed by atoms with Crippen LogP contribution in [-0.2, 0) is 14.9 Å². The highest BCUT2D eigenvalue weighted by Crippen LogP contribution is 2.11. The molecule has 0 aromatic rings. The van der Waals surface area contributed by atoms with Gasteiger partial charge < -0.3 is 10.5 Å². The predicted molar refractivity (Wildman–Crippen MR) is 66.7 cm³/mol. The van der Waals surface area contributed by atoms with Gasteiger partial charge in [0.1, 0.15) is 0 Å². The van der Waals surface area contributed by atoms with Gasteiger partial charge in [0.2, 0.25) is 0 Å². The molecule has 2 atom stereocenters. The molecule has 1 saturated heterocycles. The van der Waals surface area contributed by atoms with Gasteiger partial charge in [0.25, 0.3) is 10.2 Å². The summed E-state index contributed by atoms with van der Waals surface area (Å²) in [5, 5.41) is 0. The normalized spacial score (nSPS) is 25.1. The monoisotopic (exact) mass is 265 g/mol. The molecule has 6 nitrogen and oxygen atoms in total. The number of ether oxygens (including phenoxy) is 1. The Labute approximate surface area is 104 Å². The van der Waals surface area contributed by atoms with Gasteiger partial charge in [-0.2, -0.15) is 12.7 Å². The standard InChI is InChI=1S/C10H23N3O3S/c1-8(2)6-12-17(14,15)13-4-5-16-10(7-13)9(3)11/h8-10,12H,4-7,11H2,1-3H3. The second-order valence-corrected chi connectivity index (χ2v) is 6.63. The third-order valence-corrected chi connectivity index (χ3v) is 4.20. The van der Waals surface area contributed by atoms with E-state index in [1.807, 2.05) is 20.8 Å². The Morgan fingerprint density at radius 1 is 1.47 bits per heavy atom. The molecule has 102 valence electrons. The van der Waals surface area contributed by atoms with Crippen LogP contribution >= 0.6 is 0 Å². The molecular formula is C10H23N3O3S. The van der Waals surface area contributed by atoms with Gasteiger partial charge in [0, 0.05) is 25.7 Å². The van der Waals surface area contributed by atoms with Gasteiger partial charge in [0.15, 0.2) is 0 Å². The molecule has 1 heterocycles. The Hall–Kier alpha value is -0.210. The highest BCUT2D eigenvalue weighted by Gasteiger charge is 2.30. The number of hydrogen-bond acceptors (Lipinski definition) is 4. The largest absolute Gasteiger partial charge is 0.374 e. The minimum atomic E-state index is -3.40. The summed E-state index contributed by atoms with van der Waals surface area (Å²) in [5.41, 5.74) is 5.73. The SMILES string of the molecule is CC(C)CNS(=O)(=O)N1CCOC(C(C)N)C1. The van der Waals surface area contributed by atoms with Crippen molar-refractivity contribution >= 4 is 10.2 Å². The van der Waals surface area contributed by atoms with Crippen molar-refractivity contribution in [1.29, 1.82) is 0 Å². The lowest BCUT2D eigenvalue weighted by Gasteiger charge is -2.34. The molecule has 3 N–H and O–H groups in total. The molecule has 0 radical (unpaired) electrons. The molecule has 0 spiro atoms. The maximum atomic E-state index is 12.0. The first-order valence-electron chi connectivity index (χ1n) is 5.95. The first-order valence-corrected chi connectivity index (χ1v) is 7.39. The molecule has 1 aliphatic rings. The van der Waals surface area contributed by atoms with Crippen molar-refractivity contribution in [3.8, 4) is 0 Å². The summed E-state index contributed by atoms with van der Waals surface area (Å²) in [4.78, 5) is 0. The second-order valence-electron chi connectivity index (χ2n) is 4.87. The van der Waals surface area contributed by atoms with E-state index in [4.69, 9.17) is 10.5 Å². The van der Waals surface area contributed by atoms with Crippen LogP contribution in [0.2, 0.25) is 0 Å². The van der Waals surface area contributed by atoms with Gasteiger partial charge in [-0.3, -0.25) is 0 Å². The van der Waals surface area contributed by atoms with Gasteiger partial charge >= 0.3 is 0 Å². The molecule has 0 aromatic heterocycles. The molecule has 17 heavy (non-hydrogen) atoms. The number of hydrogen-bond donors (Lipinski definition) is 2. The summed E-state index contributed by atoms with van der Waals surface area (Å²) in [6.45, 7) is 7.31. The quantitative estimate of drug-likeness (QED) is 0.703. The molecule has 1 aliphatic heterocycles. The highest BCUT2D eigenvalue weighted by molar-refractivity contribution is 7.87. The van der Waals surface area contributed by atoms with Gasteiger partial charge in [0.05, 0.1) is 12.7 Å². The van der Waals surface area contributed by atoms with Gasteiger partial charge in [-0.1, -0.05) is 13.8 Å². The van der Waals surface area contributed by atoms with E-state index in [2.05, 4.69) is 4.72 Å². The molecule has 1 rings (SSSR count). The zero-order valence-corrected chi connectivity index (χ0v) is 11.5. The summed E-state index contributed by atoms with van der Waals surface area (Å²) in [7, 11) is -3.40. The summed E-state index contributed by atoms with van der Waals surface area (Å²) in [5.74, 6) is 0.287. The molecule has 0 saturated carbocycles. The Morgan fingerprint density at radius 3 is 2.65 bits per heavy atom. The summed E-state index contributed by atoms with van der Waals surface area (Å²) in [6, 6.07) is -0.168.